The molecule has 1 aromatic carbocycles. The van der Waals surface area contributed by atoms with Crippen LogP contribution in [0.5, 0.6) is 0 Å². The quantitative estimate of drug-likeness (QED) is 0.420. The van der Waals surface area contributed by atoms with Crippen LogP contribution < -0.4 is 5.32 Å². The van der Waals surface area contributed by atoms with Crippen molar-refractivity contribution in [1.82, 2.24) is 34.2 Å². The highest BCUT2D eigenvalue weighted by atomic mass is 19.1. The SMILES string of the molecule is [2H]C([2H])(c1ccc(C)c(F)c1)N1C(=O)c2nc(-c3nc(Nc4ccnn4C([2H])([2H])[2H])ncc3C)cn2C[C@H]1COC. The first kappa shape index (κ1) is 18.2. The lowest BCUT2D eigenvalue weighted by Crippen LogP contribution is -2.49. The number of hydrogen-bond donors (Lipinski definition) is 1. The van der Waals surface area contributed by atoms with Crippen molar-refractivity contribution >= 4 is 17.7 Å². The molecule has 0 radical (unpaired) electrons. The molecule has 11 heteroatoms. The molecule has 0 aliphatic carbocycles. The smallest absolute Gasteiger partial charge is 0.290 e. The largest absolute Gasteiger partial charge is 0.382 e. The molecular formula is C25H27FN8O2. The highest BCUT2D eigenvalue weighted by Gasteiger charge is 2.35. The van der Waals surface area contributed by atoms with Gasteiger partial charge in [0.2, 0.25) is 5.95 Å². The van der Waals surface area contributed by atoms with Gasteiger partial charge in [-0.3, -0.25) is 9.48 Å². The first-order valence-electron chi connectivity index (χ1n) is 13.6. The van der Waals surface area contributed by atoms with Crippen molar-refractivity contribution in [2.45, 2.75) is 32.9 Å². The van der Waals surface area contributed by atoms with Crippen molar-refractivity contribution in [2.24, 2.45) is 6.98 Å². The van der Waals surface area contributed by atoms with Crippen LogP contribution in [-0.2, 0) is 24.8 Å². The Bertz CT molecular complexity index is 1620. The molecule has 0 bridgehead atoms. The molecular weight excluding hydrogens is 463 g/mol. The summed E-state index contributed by atoms with van der Waals surface area (Å²) in [5.74, 6) is -1.04. The van der Waals surface area contributed by atoms with Crippen molar-refractivity contribution in [3.63, 3.8) is 0 Å². The van der Waals surface area contributed by atoms with Crippen LogP contribution in [0.2, 0.25) is 0 Å². The Balaban J connectivity index is 1.51. The average molecular weight is 496 g/mol. The van der Waals surface area contributed by atoms with Crippen molar-refractivity contribution in [1.29, 1.82) is 0 Å². The number of rotatable bonds is 7. The number of hydrogen-bond acceptors (Lipinski definition) is 7. The number of carbonyl (C=O) groups is 1. The molecule has 0 spiro atoms. The van der Waals surface area contributed by atoms with Crippen LogP contribution in [0.3, 0.4) is 0 Å². The van der Waals surface area contributed by atoms with E-state index < -0.39 is 31.2 Å². The number of aromatic nitrogens is 6. The van der Waals surface area contributed by atoms with Crippen molar-refractivity contribution < 1.29 is 20.8 Å². The zero-order chi connectivity index (χ0) is 29.7. The molecule has 3 aromatic heterocycles. The number of anilines is 2. The lowest BCUT2D eigenvalue weighted by atomic mass is 10.1. The van der Waals surface area contributed by atoms with E-state index in [1.165, 1.54) is 37.7 Å². The molecule has 4 heterocycles. The molecule has 186 valence electrons. The molecule has 0 fully saturated rings. The maximum Gasteiger partial charge on any atom is 0.290 e. The molecule has 1 atom stereocenters. The van der Waals surface area contributed by atoms with E-state index >= 15 is 0 Å². The Hall–Kier alpha value is -4.12. The summed E-state index contributed by atoms with van der Waals surface area (Å²) in [5.41, 5.74) is 1.71. The zero-order valence-electron chi connectivity index (χ0n) is 24.9. The van der Waals surface area contributed by atoms with E-state index in [0.717, 1.165) is 15.6 Å². The number of aryl methyl sites for hydroxylation is 3. The predicted octanol–water partition coefficient (Wildman–Crippen LogP) is 3.24. The molecule has 0 unspecified atom stereocenters. The van der Waals surface area contributed by atoms with E-state index in [-0.39, 0.29) is 36.3 Å². The number of ether oxygens (including phenoxy) is 1. The number of halogens is 1. The summed E-state index contributed by atoms with van der Waals surface area (Å²) in [6.45, 7) is -1.34. The standard InChI is InChI=1S/C25H27FN8O2/c1-15-5-6-17(9-19(15)26)11-34-18(14-36-4)12-33-13-20(29-23(33)24(34)35)22-16(2)10-27-25(31-22)30-21-7-8-28-32(21)3/h5-10,13,18H,11-12,14H2,1-4H3,(H,27,30,31)/t18-/m0/s1/i3D3,11D2. The fourth-order valence-corrected chi connectivity index (χ4v) is 3.96. The highest BCUT2D eigenvalue weighted by Crippen LogP contribution is 2.27. The second-order valence-electron chi connectivity index (χ2n) is 8.44. The number of methoxy groups -OCH3 is 1. The highest BCUT2D eigenvalue weighted by molar-refractivity contribution is 5.92. The summed E-state index contributed by atoms with van der Waals surface area (Å²) in [6.07, 6.45) is 4.51. The van der Waals surface area contributed by atoms with Crippen LogP contribution in [0.25, 0.3) is 11.4 Å². The zero-order valence-corrected chi connectivity index (χ0v) is 19.9. The third-order valence-electron chi connectivity index (χ3n) is 5.84. The Morgan fingerprint density at radius 1 is 1.28 bits per heavy atom. The van der Waals surface area contributed by atoms with E-state index in [1.807, 2.05) is 0 Å². The van der Waals surface area contributed by atoms with Gasteiger partial charge >= 0.3 is 0 Å². The van der Waals surface area contributed by atoms with Gasteiger partial charge in [-0.25, -0.2) is 19.3 Å². The van der Waals surface area contributed by atoms with Gasteiger partial charge < -0.3 is 19.5 Å². The summed E-state index contributed by atoms with van der Waals surface area (Å²) in [4.78, 5) is 28.1. The average Bonchev–Trinajstić information content (AvgIpc) is 3.54. The third-order valence-corrected chi connectivity index (χ3v) is 5.84. The Labute approximate surface area is 214 Å². The lowest BCUT2D eigenvalue weighted by Gasteiger charge is -2.35. The van der Waals surface area contributed by atoms with Crippen LogP contribution in [0.15, 0.2) is 42.9 Å². The van der Waals surface area contributed by atoms with Gasteiger partial charge in [0.25, 0.3) is 5.91 Å². The molecule has 1 N–H and O–H groups in total. The van der Waals surface area contributed by atoms with Gasteiger partial charge in [-0.15, -0.1) is 0 Å². The van der Waals surface area contributed by atoms with Crippen LogP contribution in [-0.4, -0.2) is 59.9 Å². The molecule has 1 aliphatic rings. The van der Waals surface area contributed by atoms with Gasteiger partial charge in [-0.1, -0.05) is 12.1 Å². The molecule has 1 aliphatic heterocycles. The first-order valence-corrected chi connectivity index (χ1v) is 11.1. The summed E-state index contributed by atoms with van der Waals surface area (Å²) in [7, 11) is 1.45. The normalized spacial score (nSPS) is 18.1. The van der Waals surface area contributed by atoms with Crippen molar-refractivity contribution in [3.05, 3.63) is 71.2 Å². The topological polar surface area (TPSA) is 103 Å². The molecule has 5 rings (SSSR count). The van der Waals surface area contributed by atoms with Gasteiger partial charge in [0.15, 0.2) is 5.82 Å². The number of benzene rings is 1. The monoisotopic (exact) mass is 495 g/mol. The van der Waals surface area contributed by atoms with Crippen molar-refractivity contribution in [2.75, 3.05) is 19.0 Å². The van der Waals surface area contributed by atoms with Crippen LogP contribution >= 0.6 is 0 Å². The fraction of sp³-hybridized carbons (Fsp3) is 0.320. The Morgan fingerprint density at radius 3 is 2.92 bits per heavy atom. The summed E-state index contributed by atoms with van der Waals surface area (Å²) in [6, 6.07) is 4.78. The second kappa shape index (κ2) is 9.50. The number of nitrogens with zero attached hydrogens (tertiary/aromatic N) is 7. The van der Waals surface area contributed by atoms with E-state index in [2.05, 4.69) is 25.4 Å². The van der Waals surface area contributed by atoms with E-state index in [9.17, 15) is 9.18 Å². The minimum Gasteiger partial charge on any atom is -0.382 e. The first-order chi connectivity index (χ1) is 19.3. The maximum atomic E-state index is 14.4. The summed E-state index contributed by atoms with van der Waals surface area (Å²) >= 11 is 0. The number of carbonyl (C=O) groups excluding carboxylic acids is 1. The molecule has 0 saturated heterocycles. The van der Waals surface area contributed by atoms with Crippen LogP contribution in [0.1, 0.15) is 34.2 Å². The van der Waals surface area contributed by atoms with Gasteiger partial charge in [-0.2, -0.15) is 5.10 Å². The van der Waals surface area contributed by atoms with Gasteiger partial charge in [-0.05, 0) is 36.6 Å². The van der Waals surface area contributed by atoms with E-state index in [4.69, 9.17) is 11.6 Å². The minimum absolute atomic E-state index is 0.00561. The summed E-state index contributed by atoms with van der Waals surface area (Å²) < 4.78 is 62.7. The van der Waals surface area contributed by atoms with Crippen LogP contribution in [0.4, 0.5) is 16.2 Å². The Kier molecular flexibility index (Phi) is 4.80. The molecule has 4 aromatic rings. The number of nitrogens with one attached hydrogen (secondary N) is 1. The molecule has 10 nitrogen and oxygen atoms in total. The lowest BCUT2D eigenvalue weighted by molar-refractivity contribution is 0.0380. The number of imidazole rings is 1. The molecule has 0 saturated carbocycles. The fourth-order valence-electron chi connectivity index (χ4n) is 3.96. The predicted molar refractivity (Wildman–Crippen MR) is 131 cm³/mol. The molecule has 36 heavy (non-hydrogen) atoms. The second-order valence-corrected chi connectivity index (χ2v) is 8.44. The summed E-state index contributed by atoms with van der Waals surface area (Å²) in [5, 5.41) is 6.69. The third kappa shape index (κ3) is 4.44. The van der Waals surface area contributed by atoms with Gasteiger partial charge in [0.05, 0.1) is 27.3 Å². The maximum absolute atomic E-state index is 14.4. The van der Waals surface area contributed by atoms with Gasteiger partial charge in [0.1, 0.15) is 17.3 Å². The molecule has 1 amide bonds. The van der Waals surface area contributed by atoms with E-state index in [0.29, 0.717) is 22.5 Å². The minimum atomic E-state index is -2.51. The number of amides is 1. The van der Waals surface area contributed by atoms with Crippen LogP contribution in [0, 0.1) is 19.7 Å². The van der Waals surface area contributed by atoms with E-state index in [1.54, 1.807) is 24.6 Å². The Morgan fingerprint density at radius 2 is 2.14 bits per heavy atom. The van der Waals surface area contributed by atoms with Gasteiger partial charge in [0, 0.05) is 49.7 Å². The van der Waals surface area contributed by atoms with Crippen molar-refractivity contribution in [3.8, 4) is 11.4 Å². The number of fused-ring (bicyclic) bond motifs is 1.